The number of pyridine rings is 2. The van der Waals surface area contributed by atoms with E-state index in [0.717, 1.165) is 29.2 Å². The van der Waals surface area contributed by atoms with Gasteiger partial charge in [0.2, 0.25) is 5.88 Å². The van der Waals surface area contributed by atoms with Crippen molar-refractivity contribution in [3.05, 3.63) is 77.2 Å². The van der Waals surface area contributed by atoms with Crippen LogP contribution in [0.2, 0.25) is 0 Å². The molecule has 0 N–H and O–H groups in total. The molecule has 0 spiro atoms. The highest BCUT2D eigenvalue weighted by molar-refractivity contribution is 5.94. The van der Waals surface area contributed by atoms with E-state index in [-0.39, 0.29) is 5.91 Å². The summed E-state index contributed by atoms with van der Waals surface area (Å²) in [5, 5.41) is 0. The average Bonchev–Trinajstić information content (AvgIpc) is 2.82. The molecule has 0 saturated heterocycles. The van der Waals surface area contributed by atoms with E-state index in [1.54, 1.807) is 38.7 Å². The van der Waals surface area contributed by atoms with Gasteiger partial charge < -0.3 is 19.1 Å². The molecule has 3 heterocycles. The molecule has 1 aliphatic heterocycles. The summed E-state index contributed by atoms with van der Waals surface area (Å²) in [6, 6.07) is 13.2. The lowest BCUT2D eigenvalue weighted by Crippen LogP contribution is -2.36. The van der Waals surface area contributed by atoms with Gasteiger partial charge in [0.05, 0.1) is 31.7 Å². The molecular formula is C23H23N3O4. The monoisotopic (exact) mass is 405 g/mol. The number of hydrogen-bond donors (Lipinski definition) is 0. The van der Waals surface area contributed by atoms with Gasteiger partial charge >= 0.3 is 0 Å². The highest BCUT2D eigenvalue weighted by atomic mass is 16.5. The molecule has 3 aromatic rings. The maximum Gasteiger partial charge on any atom is 0.255 e. The van der Waals surface area contributed by atoms with Crippen molar-refractivity contribution in [1.82, 2.24) is 14.9 Å². The molecule has 0 aliphatic carbocycles. The number of benzene rings is 1. The standard InChI is InChI=1S/C23H23N3O4/c1-28-21-7-5-19(24-13-21)15-30-20-6-3-18-14-26(10-9-16(18)11-20)23(27)17-4-8-22(29-2)25-12-17/h3-8,11-13H,9-10,14-15H2,1-2H3. The van der Waals surface area contributed by atoms with Gasteiger partial charge in [-0.2, -0.15) is 0 Å². The molecule has 0 radical (unpaired) electrons. The van der Waals surface area contributed by atoms with Crippen LogP contribution < -0.4 is 14.2 Å². The Morgan fingerprint density at radius 2 is 1.83 bits per heavy atom. The number of ether oxygens (including phenoxy) is 3. The van der Waals surface area contributed by atoms with Gasteiger partial charge in [-0.1, -0.05) is 6.07 Å². The summed E-state index contributed by atoms with van der Waals surface area (Å²) in [6.45, 7) is 1.61. The Kier molecular flexibility index (Phi) is 5.79. The first-order valence-electron chi connectivity index (χ1n) is 9.69. The lowest BCUT2D eigenvalue weighted by atomic mass is 9.99. The highest BCUT2D eigenvalue weighted by Crippen LogP contribution is 2.25. The van der Waals surface area contributed by atoms with Crippen LogP contribution in [0.1, 0.15) is 27.2 Å². The van der Waals surface area contributed by atoms with Crippen molar-refractivity contribution in [3.63, 3.8) is 0 Å². The predicted molar refractivity (Wildman–Crippen MR) is 111 cm³/mol. The topological polar surface area (TPSA) is 73.8 Å². The summed E-state index contributed by atoms with van der Waals surface area (Å²) in [6.07, 6.45) is 4.01. The molecular weight excluding hydrogens is 382 g/mol. The molecule has 154 valence electrons. The zero-order chi connectivity index (χ0) is 20.9. The molecule has 1 amide bonds. The summed E-state index contributed by atoms with van der Waals surface area (Å²) in [4.78, 5) is 23.1. The van der Waals surface area contributed by atoms with Crippen LogP contribution in [0.25, 0.3) is 0 Å². The number of fused-ring (bicyclic) bond motifs is 1. The van der Waals surface area contributed by atoms with Crippen LogP contribution in [0, 0.1) is 0 Å². The molecule has 0 unspecified atom stereocenters. The number of carbonyl (C=O) groups is 1. The van der Waals surface area contributed by atoms with E-state index in [2.05, 4.69) is 16.0 Å². The smallest absolute Gasteiger partial charge is 0.255 e. The summed E-state index contributed by atoms with van der Waals surface area (Å²) >= 11 is 0. The fraction of sp³-hybridized carbons (Fsp3) is 0.261. The van der Waals surface area contributed by atoms with Gasteiger partial charge in [0.25, 0.3) is 5.91 Å². The van der Waals surface area contributed by atoms with Crippen LogP contribution in [-0.2, 0) is 19.6 Å². The fourth-order valence-corrected chi connectivity index (χ4v) is 3.38. The van der Waals surface area contributed by atoms with Gasteiger partial charge in [0.1, 0.15) is 18.1 Å². The van der Waals surface area contributed by atoms with Gasteiger partial charge in [-0.05, 0) is 47.9 Å². The van der Waals surface area contributed by atoms with Gasteiger partial charge in [-0.25, -0.2) is 4.98 Å². The zero-order valence-corrected chi connectivity index (χ0v) is 17.0. The molecule has 30 heavy (non-hydrogen) atoms. The number of methoxy groups -OCH3 is 2. The second-order valence-electron chi connectivity index (χ2n) is 6.97. The second kappa shape index (κ2) is 8.82. The first-order valence-corrected chi connectivity index (χ1v) is 9.69. The van der Waals surface area contributed by atoms with Gasteiger partial charge in [0, 0.05) is 25.4 Å². The summed E-state index contributed by atoms with van der Waals surface area (Å²) in [5.41, 5.74) is 3.72. The van der Waals surface area contributed by atoms with Crippen molar-refractivity contribution in [1.29, 1.82) is 0 Å². The molecule has 7 heteroatoms. The Labute approximate surface area is 175 Å². The van der Waals surface area contributed by atoms with E-state index in [4.69, 9.17) is 14.2 Å². The van der Waals surface area contributed by atoms with Crippen LogP contribution in [0.5, 0.6) is 17.4 Å². The SMILES string of the molecule is COc1ccc(COc2ccc3c(c2)CCN(C(=O)c2ccc(OC)nc2)C3)nc1. The van der Waals surface area contributed by atoms with E-state index in [0.29, 0.717) is 31.1 Å². The summed E-state index contributed by atoms with van der Waals surface area (Å²) in [7, 11) is 3.17. The number of hydrogen-bond acceptors (Lipinski definition) is 6. The molecule has 1 aromatic carbocycles. The zero-order valence-electron chi connectivity index (χ0n) is 17.0. The predicted octanol–water partition coefficient (Wildman–Crippen LogP) is 3.27. The Balaban J connectivity index is 1.39. The molecule has 0 atom stereocenters. The number of aromatic nitrogens is 2. The number of carbonyl (C=O) groups excluding carboxylic acids is 1. The van der Waals surface area contributed by atoms with Gasteiger partial charge in [-0.15, -0.1) is 0 Å². The van der Waals surface area contributed by atoms with E-state index in [9.17, 15) is 4.79 Å². The molecule has 2 aromatic heterocycles. The first kappa shape index (κ1) is 19.7. The van der Waals surface area contributed by atoms with E-state index < -0.39 is 0 Å². The van der Waals surface area contributed by atoms with Crippen molar-refractivity contribution in [2.24, 2.45) is 0 Å². The minimum Gasteiger partial charge on any atom is -0.495 e. The lowest BCUT2D eigenvalue weighted by molar-refractivity contribution is 0.0734. The Morgan fingerprint density at radius 3 is 2.53 bits per heavy atom. The van der Waals surface area contributed by atoms with Crippen LogP contribution in [-0.4, -0.2) is 41.5 Å². The van der Waals surface area contributed by atoms with Gasteiger partial charge in [0.15, 0.2) is 0 Å². The highest BCUT2D eigenvalue weighted by Gasteiger charge is 2.22. The van der Waals surface area contributed by atoms with Crippen LogP contribution in [0.3, 0.4) is 0 Å². The van der Waals surface area contributed by atoms with Crippen molar-refractivity contribution in [2.75, 3.05) is 20.8 Å². The van der Waals surface area contributed by atoms with Crippen molar-refractivity contribution < 1.29 is 19.0 Å². The van der Waals surface area contributed by atoms with E-state index in [1.807, 2.05) is 29.2 Å². The van der Waals surface area contributed by atoms with Crippen molar-refractivity contribution in [2.45, 2.75) is 19.6 Å². The quantitative estimate of drug-likeness (QED) is 0.627. The van der Waals surface area contributed by atoms with Gasteiger partial charge in [-0.3, -0.25) is 9.78 Å². The largest absolute Gasteiger partial charge is 0.495 e. The summed E-state index contributed by atoms with van der Waals surface area (Å²) < 4.78 is 16.1. The number of rotatable bonds is 6. The lowest BCUT2D eigenvalue weighted by Gasteiger charge is -2.29. The normalized spacial score (nSPS) is 12.8. The fourth-order valence-electron chi connectivity index (χ4n) is 3.38. The van der Waals surface area contributed by atoms with Crippen LogP contribution in [0.4, 0.5) is 0 Å². The Bertz CT molecular complexity index is 1020. The number of nitrogens with zero attached hydrogens (tertiary/aromatic N) is 3. The third kappa shape index (κ3) is 4.35. The minimum absolute atomic E-state index is 0.0262. The Morgan fingerprint density at radius 1 is 0.967 bits per heavy atom. The molecule has 0 saturated carbocycles. The first-order chi connectivity index (χ1) is 14.7. The van der Waals surface area contributed by atoms with E-state index in [1.165, 1.54) is 5.56 Å². The Hall–Kier alpha value is -3.61. The molecule has 0 bridgehead atoms. The third-order valence-corrected chi connectivity index (χ3v) is 5.09. The van der Waals surface area contributed by atoms with E-state index >= 15 is 0 Å². The van der Waals surface area contributed by atoms with Crippen LogP contribution >= 0.6 is 0 Å². The third-order valence-electron chi connectivity index (χ3n) is 5.09. The minimum atomic E-state index is -0.0262. The molecule has 7 nitrogen and oxygen atoms in total. The van der Waals surface area contributed by atoms with Crippen LogP contribution in [0.15, 0.2) is 54.9 Å². The van der Waals surface area contributed by atoms with Crippen molar-refractivity contribution in [3.8, 4) is 17.4 Å². The molecule has 4 rings (SSSR count). The molecule has 0 fully saturated rings. The maximum absolute atomic E-state index is 12.8. The van der Waals surface area contributed by atoms with Crippen molar-refractivity contribution >= 4 is 5.91 Å². The number of amides is 1. The second-order valence-corrected chi connectivity index (χ2v) is 6.97. The maximum atomic E-state index is 12.8. The average molecular weight is 405 g/mol. The molecule has 1 aliphatic rings. The summed E-state index contributed by atoms with van der Waals surface area (Å²) in [5.74, 6) is 1.98.